The van der Waals surface area contributed by atoms with Gasteiger partial charge in [-0.1, -0.05) is 20.8 Å². The maximum absolute atomic E-state index is 11.3. The van der Waals surface area contributed by atoms with Crippen LogP contribution in [0.2, 0.25) is 0 Å². The third kappa shape index (κ3) is 5.03. The van der Waals surface area contributed by atoms with Gasteiger partial charge in [0, 0.05) is 0 Å². The first kappa shape index (κ1) is 13.0. The van der Waals surface area contributed by atoms with E-state index < -0.39 is 6.16 Å². The number of hydrogen-bond acceptors (Lipinski definition) is 4. The lowest BCUT2D eigenvalue weighted by molar-refractivity contribution is 0.0685. The summed E-state index contributed by atoms with van der Waals surface area (Å²) in [5.74, 6) is 0.364. The Kier molecular flexibility index (Phi) is 4.11. The van der Waals surface area contributed by atoms with Crippen molar-refractivity contribution >= 4 is 6.16 Å². The molecule has 0 N–H and O–H groups in total. The van der Waals surface area contributed by atoms with E-state index in [1.165, 1.54) is 0 Å². The van der Waals surface area contributed by atoms with Crippen molar-refractivity contribution in [3.05, 3.63) is 29.8 Å². The maximum Gasteiger partial charge on any atom is 0.513 e. The summed E-state index contributed by atoms with van der Waals surface area (Å²) in [6.07, 6.45) is -0.732. The second-order valence-electron chi connectivity index (χ2n) is 4.84. The number of carbonyl (C=O) groups is 1. The van der Waals surface area contributed by atoms with Gasteiger partial charge >= 0.3 is 6.16 Å². The van der Waals surface area contributed by atoms with Crippen LogP contribution in [0.3, 0.4) is 0 Å². The molecule has 0 aromatic heterocycles. The minimum atomic E-state index is -0.732. The van der Waals surface area contributed by atoms with E-state index in [1.54, 1.807) is 24.3 Å². The van der Waals surface area contributed by atoms with Gasteiger partial charge in [0.2, 0.25) is 0 Å². The first-order valence-electron chi connectivity index (χ1n) is 5.25. The van der Waals surface area contributed by atoms with Gasteiger partial charge in [-0.2, -0.15) is 5.26 Å². The van der Waals surface area contributed by atoms with E-state index in [2.05, 4.69) is 0 Å². The number of carbonyl (C=O) groups excluding carboxylic acids is 1. The second-order valence-corrected chi connectivity index (χ2v) is 4.84. The van der Waals surface area contributed by atoms with Gasteiger partial charge in [0.15, 0.2) is 0 Å². The molecule has 0 aliphatic rings. The molecule has 0 radical (unpaired) electrons. The van der Waals surface area contributed by atoms with Crippen LogP contribution in [0, 0.1) is 16.7 Å². The summed E-state index contributed by atoms with van der Waals surface area (Å²) in [7, 11) is 0. The summed E-state index contributed by atoms with van der Waals surface area (Å²) >= 11 is 0. The maximum atomic E-state index is 11.3. The molecule has 0 fully saturated rings. The highest BCUT2D eigenvalue weighted by Gasteiger charge is 2.14. The molecule has 0 aliphatic heterocycles. The van der Waals surface area contributed by atoms with Crippen LogP contribution in [-0.4, -0.2) is 12.8 Å². The molecule has 4 nitrogen and oxygen atoms in total. The predicted molar refractivity (Wildman–Crippen MR) is 62.6 cm³/mol. The SMILES string of the molecule is CC(C)(C)COC(=O)Oc1ccc(C#N)cc1. The summed E-state index contributed by atoms with van der Waals surface area (Å²) in [6, 6.07) is 8.24. The zero-order chi connectivity index (χ0) is 12.9. The van der Waals surface area contributed by atoms with Gasteiger partial charge in [0.1, 0.15) is 5.75 Å². The smallest absolute Gasteiger partial charge is 0.433 e. The molecule has 0 saturated heterocycles. The fraction of sp³-hybridized carbons (Fsp3) is 0.385. The lowest BCUT2D eigenvalue weighted by atomic mass is 9.99. The van der Waals surface area contributed by atoms with Crippen molar-refractivity contribution in [3.8, 4) is 11.8 Å². The quantitative estimate of drug-likeness (QED) is 0.581. The van der Waals surface area contributed by atoms with Crippen molar-refractivity contribution in [1.82, 2.24) is 0 Å². The lowest BCUT2D eigenvalue weighted by Crippen LogP contribution is -2.20. The van der Waals surface area contributed by atoms with Crippen LogP contribution in [0.15, 0.2) is 24.3 Å². The van der Waals surface area contributed by atoms with Crippen LogP contribution in [0.1, 0.15) is 26.3 Å². The molecule has 1 rings (SSSR count). The van der Waals surface area contributed by atoms with E-state index in [1.807, 2.05) is 26.8 Å². The zero-order valence-electron chi connectivity index (χ0n) is 10.2. The van der Waals surface area contributed by atoms with Crippen molar-refractivity contribution < 1.29 is 14.3 Å². The molecule has 0 heterocycles. The molecule has 0 atom stereocenters. The molecule has 0 spiro atoms. The monoisotopic (exact) mass is 233 g/mol. The number of benzene rings is 1. The van der Waals surface area contributed by atoms with Gasteiger partial charge in [0.05, 0.1) is 18.2 Å². The van der Waals surface area contributed by atoms with E-state index in [-0.39, 0.29) is 5.41 Å². The highest BCUT2D eigenvalue weighted by Crippen LogP contribution is 2.15. The van der Waals surface area contributed by atoms with E-state index in [0.717, 1.165) is 0 Å². The van der Waals surface area contributed by atoms with Gasteiger partial charge in [-0.05, 0) is 29.7 Å². The van der Waals surface area contributed by atoms with Crippen molar-refractivity contribution in [1.29, 1.82) is 5.26 Å². The fourth-order valence-corrected chi connectivity index (χ4v) is 0.999. The molecular formula is C13H15NO3. The summed E-state index contributed by atoms with van der Waals surface area (Å²) in [5.41, 5.74) is 0.421. The molecule has 90 valence electrons. The van der Waals surface area contributed by atoms with Crippen molar-refractivity contribution in [2.24, 2.45) is 5.41 Å². The first-order valence-corrected chi connectivity index (χ1v) is 5.25. The third-order valence-electron chi connectivity index (χ3n) is 1.81. The van der Waals surface area contributed by atoms with Gasteiger partial charge in [0.25, 0.3) is 0 Å². The molecular weight excluding hydrogens is 218 g/mol. The Labute approximate surface area is 101 Å². The summed E-state index contributed by atoms with van der Waals surface area (Å²) < 4.78 is 9.88. The van der Waals surface area contributed by atoms with Crippen LogP contribution >= 0.6 is 0 Å². The minimum absolute atomic E-state index is 0.0936. The number of nitrogens with zero attached hydrogens (tertiary/aromatic N) is 1. The molecule has 1 aromatic rings. The Bertz CT molecular complexity index is 423. The van der Waals surface area contributed by atoms with Crippen LogP contribution in [-0.2, 0) is 4.74 Å². The number of hydrogen-bond donors (Lipinski definition) is 0. The Balaban J connectivity index is 2.48. The van der Waals surface area contributed by atoms with Crippen LogP contribution in [0.25, 0.3) is 0 Å². The normalized spacial score (nSPS) is 10.5. The van der Waals surface area contributed by atoms with E-state index in [0.29, 0.717) is 17.9 Å². The molecule has 0 unspecified atom stereocenters. The summed E-state index contributed by atoms with van der Waals surface area (Å²) in [6.45, 7) is 6.17. The topological polar surface area (TPSA) is 59.3 Å². The number of nitriles is 1. The minimum Gasteiger partial charge on any atom is -0.433 e. The summed E-state index contributed by atoms with van der Waals surface area (Å²) in [4.78, 5) is 11.3. The second kappa shape index (κ2) is 5.35. The molecule has 0 bridgehead atoms. The third-order valence-corrected chi connectivity index (χ3v) is 1.81. The van der Waals surface area contributed by atoms with Gasteiger partial charge in [-0.25, -0.2) is 4.79 Å². The molecule has 4 heteroatoms. The predicted octanol–water partition coefficient (Wildman–Crippen LogP) is 3.12. The molecule has 17 heavy (non-hydrogen) atoms. The Hall–Kier alpha value is -2.02. The number of rotatable bonds is 2. The average molecular weight is 233 g/mol. The number of ether oxygens (including phenoxy) is 2. The Morgan fingerprint density at radius 3 is 2.35 bits per heavy atom. The van der Waals surface area contributed by atoms with Crippen LogP contribution < -0.4 is 4.74 Å². The van der Waals surface area contributed by atoms with E-state index in [9.17, 15) is 4.79 Å². The van der Waals surface area contributed by atoms with Crippen molar-refractivity contribution in [2.75, 3.05) is 6.61 Å². The van der Waals surface area contributed by atoms with Crippen molar-refractivity contribution in [3.63, 3.8) is 0 Å². The molecule has 0 amide bonds. The van der Waals surface area contributed by atoms with Gasteiger partial charge in [-0.3, -0.25) is 0 Å². The highest BCUT2D eigenvalue weighted by atomic mass is 16.7. The van der Waals surface area contributed by atoms with Crippen LogP contribution in [0.5, 0.6) is 5.75 Å². The molecule has 0 saturated carbocycles. The Morgan fingerprint density at radius 2 is 1.88 bits per heavy atom. The average Bonchev–Trinajstić information content (AvgIpc) is 2.27. The van der Waals surface area contributed by atoms with E-state index in [4.69, 9.17) is 14.7 Å². The highest BCUT2D eigenvalue weighted by molar-refractivity contribution is 5.63. The Morgan fingerprint density at radius 1 is 1.29 bits per heavy atom. The lowest BCUT2D eigenvalue weighted by Gasteiger charge is -2.17. The fourth-order valence-electron chi connectivity index (χ4n) is 0.999. The van der Waals surface area contributed by atoms with Crippen molar-refractivity contribution in [2.45, 2.75) is 20.8 Å². The van der Waals surface area contributed by atoms with Crippen LogP contribution in [0.4, 0.5) is 4.79 Å². The van der Waals surface area contributed by atoms with E-state index >= 15 is 0 Å². The largest absolute Gasteiger partial charge is 0.513 e. The standard InChI is InChI=1S/C13H15NO3/c1-13(2,3)9-16-12(15)17-11-6-4-10(8-14)5-7-11/h4-7H,9H2,1-3H3. The summed E-state index contributed by atoms with van der Waals surface area (Å²) in [5, 5.41) is 8.60. The van der Waals surface area contributed by atoms with Gasteiger partial charge in [-0.15, -0.1) is 0 Å². The van der Waals surface area contributed by atoms with Gasteiger partial charge < -0.3 is 9.47 Å². The molecule has 1 aromatic carbocycles. The first-order chi connectivity index (χ1) is 7.90. The zero-order valence-corrected chi connectivity index (χ0v) is 10.2. The molecule has 0 aliphatic carbocycles.